The van der Waals surface area contributed by atoms with Gasteiger partial charge in [0.05, 0.1) is 40.1 Å². The van der Waals surface area contributed by atoms with Gasteiger partial charge in [-0.05, 0) is 25.0 Å². The molecule has 3 aromatic heterocycles. The summed E-state index contributed by atoms with van der Waals surface area (Å²) in [5.41, 5.74) is 10.4. The summed E-state index contributed by atoms with van der Waals surface area (Å²) in [4.78, 5) is 32.3. The molecule has 1 aliphatic rings. The molecule has 0 spiro atoms. The van der Waals surface area contributed by atoms with Crippen LogP contribution in [0.4, 0.5) is 10.8 Å². The van der Waals surface area contributed by atoms with E-state index in [9.17, 15) is 9.59 Å². The summed E-state index contributed by atoms with van der Waals surface area (Å²) < 4.78 is 6.51. The molecule has 4 aromatic rings. The summed E-state index contributed by atoms with van der Waals surface area (Å²) in [6, 6.07) is 7.93. The van der Waals surface area contributed by atoms with E-state index in [0.29, 0.717) is 31.9 Å². The lowest BCUT2D eigenvalue weighted by molar-refractivity contribution is -0.129. The third-order valence-corrected chi connectivity index (χ3v) is 6.96. The number of fused-ring (bicyclic) bond motifs is 2. The lowest BCUT2D eigenvalue weighted by Gasteiger charge is -2.28. The fourth-order valence-corrected chi connectivity index (χ4v) is 5.01. The number of aromatic nitrogens is 4. The van der Waals surface area contributed by atoms with Crippen LogP contribution in [-0.2, 0) is 14.3 Å². The molecule has 37 heavy (non-hydrogen) atoms. The van der Waals surface area contributed by atoms with Gasteiger partial charge >= 0.3 is 0 Å². The number of benzene rings is 1. The summed E-state index contributed by atoms with van der Waals surface area (Å²) in [6.45, 7) is 3.05. The Balaban J connectivity index is 0.000000229. The van der Waals surface area contributed by atoms with Crippen molar-refractivity contribution in [3.8, 4) is 11.4 Å². The molecule has 0 aliphatic carbocycles. The molecule has 0 saturated carbocycles. The van der Waals surface area contributed by atoms with Gasteiger partial charge in [-0.3, -0.25) is 15.1 Å². The molecule has 1 amide bonds. The van der Waals surface area contributed by atoms with Crippen LogP contribution in [0.3, 0.4) is 0 Å². The molecule has 5 N–H and O–H groups in total. The third-order valence-electron chi connectivity index (χ3n) is 6.01. The molecule has 12 heteroatoms. The number of nitrogens with two attached hydrogens (primary N) is 1. The summed E-state index contributed by atoms with van der Waals surface area (Å²) in [5.74, 6) is 1.29. The van der Waals surface area contributed by atoms with Gasteiger partial charge < -0.3 is 20.2 Å². The molecule has 5 rings (SSSR count). The molecule has 11 nitrogen and oxygen atoms in total. The molecule has 1 aromatic carbocycles. The van der Waals surface area contributed by atoms with E-state index in [4.69, 9.17) is 25.6 Å². The van der Waals surface area contributed by atoms with E-state index in [-0.39, 0.29) is 5.91 Å². The van der Waals surface area contributed by atoms with E-state index in [1.165, 1.54) is 11.3 Å². The second kappa shape index (κ2) is 13.1. The van der Waals surface area contributed by atoms with Crippen molar-refractivity contribution >= 4 is 55.5 Å². The number of aromatic amines is 1. The lowest BCUT2D eigenvalue weighted by Crippen LogP contribution is -2.36. The van der Waals surface area contributed by atoms with Crippen LogP contribution in [0.5, 0.6) is 0 Å². The minimum Gasteiger partial charge on any atom is -0.391 e. The monoisotopic (exact) mass is 525 g/mol. The molecule has 1 saturated heterocycles. The topological polar surface area (TPSA) is 159 Å². The lowest BCUT2D eigenvalue weighted by atomic mass is 10.1. The number of H-pyrrole nitrogens is 1. The Hall–Kier alpha value is -3.61. The first kappa shape index (κ1) is 26.5. The minimum absolute atomic E-state index is 0.342. The van der Waals surface area contributed by atoms with Crippen molar-refractivity contribution in [1.82, 2.24) is 25.6 Å². The Kier molecular flexibility index (Phi) is 9.35. The molecule has 0 radical (unpaired) electrons. The van der Waals surface area contributed by atoms with Gasteiger partial charge in [0, 0.05) is 36.9 Å². The van der Waals surface area contributed by atoms with Crippen LogP contribution in [-0.4, -0.2) is 63.9 Å². The van der Waals surface area contributed by atoms with Crippen LogP contribution in [0.25, 0.3) is 32.5 Å². The number of anilines is 2. The van der Waals surface area contributed by atoms with E-state index in [2.05, 4.69) is 15.1 Å². The Morgan fingerprint density at radius 1 is 1.22 bits per heavy atom. The maximum Gasteiger partial charge on any atom is 0.243 e. The summed E-state index contributed by atoms with van der Waals surface area (Å²) >= 11 is 1.53. The quantitative estimate of drug-likeness (QED) is 0.111. The number of amides is 1. The van der Waals surface area contributed by atoms with Crippen molar-refractivity contribution in [3.05, 3.63) is 30.5 Å². The molecule has 0 bridgehead atoms. The number of nitrogen functional groups attached to an aromatic ring is 1. The van der Waals surface area contributed by atoms with Crippen LogP contribution >= 0.6 is 11.3 Å². The van der Waals surface area contributed by atoms with Gasteiger partial charge in [-0.2, -0.15) is 5.10 Å². The van der Waals surface area contributed by atoms with E-state index < -0.39 is 0 Å². The first-order chi connectivity index (χ1) is 18.1. The van der Waals surface area contributed by atoms with Crippen molar-refractivity contribution in [2.24, 2.45) is 0 Å². The summed E-state index contributed by atoms with van der Waals surface area (Å²) in [5, 5.41) is 17.0. The predicted octanol–water partition coefficient (Wildman–Crippen LogP) is 3.68. The van der Waals surface area contributed by atoms with Gasteiger partial charge in [0.2, 0.25) is 5.91 Å². The number of aldehydes is 1. The van der Waals surface area contributed by atoms with Gasteiger partial charge in [-0.25, -0.2) is 15.4 Å². The second-order valence-electron chi connectivity index (χ2n) is 8.62. The van der Waals surface area contributed by atoms with Crippen molar-refractivity contribution in [2.75, 3.05) is 36.9 Å². The van der Waals surface area contributed by atoms with E-state index >= 15 is 0 Å². The Bertz CT molecular complexity index is 1330. The zero-order chi connectivity index (χ0) is 26.0. The second-order valence-corrected chi connectivity index (χ2v) is 9.71. The number of nitrogens with zero attached hydrogens (tertiary/aromatic N) is 4. The number of thiophene rings is 1. The number of unbranched alkanes of at least 4 members (excludes halogenated alkanes) is 4. The normalized spacial score (nSPS) is 13.4. The van der Waals surface area contributed by atoms with Crippen LogP contribution in [0.15, 0.2) is 30.5 Å². The zero-order valence-electron chi connectivity index (χ0n) is 20.5. The number of hydrogen-bond acceptors (Lipinski definition) is 10. The standard InChI is InChI=1S/C17H16N6OS.C8H15NO3/c18-14-8-13-15(25-14)17(23-4-6-24-7-5-23)21-16(20-13)10-2-1-3-12-11(10)9-19-22-12;10-7-5-3-1-2-4-6-8(11)9-12/h1-3,8-9H,4-7,18H2,(H,19,22);7,12H,1-6H2,(H,9,11). The van der Waals surface area contributed by atoms with E-state index in [1.54, 1.807) is 5.48 Å². The number of hydroxylamine groups is 1. The van der Waals surface area contributed by atoms with Gasteiger partial charge in [-0.15, -0.1) is 11.3 Å². The first-order valence-electron chi connectivity index (χ1n) is 12.3. The van der Waals surface area contributed by atoms with Crippen LogP contribution in [0.2, 0.25) is 0 Å². The highest BCUT2D eigenvalue weighted by Gasteiger charge is 2.20. The number of hydrogen-bond donors (Lipinski definition) is 4. The highest BCUT2D eigenvalue weighted by molar-refractivity contribution is 7.23. The van der Waals surface area contributed by atoms with E-state index in [1.807, 2.05) is 30.5 Å². The van der Waals surface area contributed by atoms with Crippen LogP contribution < -0.4 is 16.1 Å². The molecular weight excluding hydrogens is 494 g/mol. The Morgan fingerprint density at radius 2 is 2.03 bits per heavy atom. The SMILES string of the molecule is Nc1cc2nc(-c3cccc4[nH]ncc34)nc(N3CCOCC3)c2s1.O=CCCCCCCC(=O)NO. The number of nitrogens with one attached hydrogen (secondary N) is 2. The van der Waals surface area contributed by atoms with Gasteiger partial charge in [0.1, 0.15) is 6.29 Å². The molecule has 0 atom stereocenters. The van der Waals surface area contributed by atoms with Gasteiger partial charge in [0.25, 0.3) is 0 Å². The number of carbonyl (C=O) groups is 2. The third kappa shape index (κ3) is 6.79. The highest BCUT2D eigenvalue weighted by Crippen LogP contribution is 2.36. The molecule has 1 fully saturated rings. The highest BCUT2D eigenvalue weighted by atomic mass is 32.1. The average molecular weight is 526 g/mol. The molecule has 196 valence electrons. The van der Waals surface area contributed by atoms with Gasteiger partial charge in [-0.1, -0.05) is 25.0 Å². The molecule has 0 unspecified atom stereocenters. The summed E-state index contributed by atoms with van der Waals surface area (Å²) in [6.07, 6.45) is 7.24. The molecule has 1 aliphatic heterocycles. The fourth-order valence-electron chi connectivity index (χ4n) is 4.13. The predicted molar refractivity (Wildman–Crippen MR) is 144 cm³/mol. The fraction of sp³-hybridized carbons (Fsp3) is 0.400. The number of carbonyl (C=O) groups excluding carboxylic acids is 2. The number of rotatable bonds is 9. The van der Waals surface area contributed by atoms with Gasteiger partial charge in [0.15, 0.2) is 11.6 Å². The molecular formula is C25H31N7O4S. The number of ether oxygens (including phenoxy) is 1. The average Bonchev–Trinajstić information content (AvgIpc) is 3.56. The minimum atomic E-state index is -0.342. The maximum absolute atomic E-state index is 10.5. The Morgan fingerprint density at radius 3 is 2.81 bits per heavy atom. The maximum atomic E-state index is 10.5. The van der Waals surface area contributed by atoms with Crippen molar-refractivity contribution in [1.29, 1.82) is 0 Å². The zero-order valence-corrected chi connectivity index (χ0v) is 21.3. The molecule has 4 heterocycles. The number of morpholine rings is 1. The smallest absolute Gasteiger partial charge is 0.243 e. The van der Waals surface area contributed by atoms with Crippen LogP contribution in [0, 0.1) is 0 Å². The van der Waals surface area contributed by atoms with Crippen LogP contribution in [0.1, 0.15) is 38.5 Å². The van der Waals surface area contributed by atoms with Crippen molar-refractivity contribution in [2.45, 2.75) is 38.5 Å². The Labute approximate surface area is 218 Å². The summed E-state index contributed by atoms with van der Waals surface area (Å²) in [7, 11) is 0. The van der Waals surface area contributed by atoms with Crippen molar-refractivity contribution in [3.63, 3.8) is 0 Å². The first-order valence-corrected chi connectivity index (χ1v) is 13.1. The van der Waals surface area contributed by atoms with E-state index in [0.717, 1.165) is 82.6 Å². The van der Waals surface area contributed by atoms with Crippen molar-refractivity contribution < 1.29 is 19.5 Å². The largest absolute Gasteiger partial charge is 0.391 e.